The van der Waals surface area contributed by atoms with Crippen molar-refractivity contribution in [2.45, 2.75) is 6.92 Å². The molecular formula is C24H24ClN5O. The van der Waals surface area contributed by atoms with Crippen LogP contribution in [0.1, 0.15) is 5.56 Å². The summed E-state index contributed by atoms with van der Waals surface area (Å²) in [6.45, 7) is 6.28. The number of anilines is 3. The van der Waals surface area contributed by atoms with Gasteiger partial charge in [0.1, 0.15) is 11.3 Å². The van der Waals surface area contributed by atoms with Gasteiger partial charge >= 0.3 is 0 Å². The molecule has 158 valence electrons. The second-order valence-corrected chi connectivity index (χ2v) is 8.31. The molecule has 1 N–H and O–H groups in total. The van der Waals surface area contributed by atoms with Gasteiger partial charge in [-0.05, 0) is 44.3 Å². The number of aryl methyl sites for hydroxylation is 1. The monoisotopic (exact) mass is 433 g/mol. The fourth-order valence-corrected chi connectivity index (χ4v) is 4.11. The molecule has 0 unspecified atom stereocenters. The lowest BCUT2D eigenvalue weighted by Crippen LogP contribution is -2.44. The van der Waals surface area contributed by atoms with Crippen molar-refractivity contribution in [1.82, 2.24) is 14.9 Å². The lowest BCUT2D eigenvalue weighted by Gasteiger charge is -2.34. The van der Waals surface area contributed by atoms with Crippen molar-refractivity contribution in [3.8, 4) is 11.5 Å². The van der Waals surface area contributed by atoms with E-state index < -0.39 is 0 Å². The molecule has 3 heterocycles. The highest BCUT2D eigenvalue weighted by Crippen LogP contribution is 2.35. The molecule has 0 amide bonds. The molecule has 31 heavy (non-hydrogen) atoms. The van der Waals surface area contributed by atoms with Gasteiger partial charge in [0.25, 0.3) is 0 Å². The lowest BCUT2D eigenvalue weighted by molar-refractivity contribution is 0.313. The Morgan fingerprint density at radius 2 is 1.74 bits per heavy atom. The van der Waals surface area contributed by atoms with Crippen molar-refractivity contribution in [2.24, 2.45) is 0 Å². The highest BCUT2D eigenvalue weighted by atomic mass is 35.5. The zero-order chi connectivity index (χ0) is 21.4. The van der Waals surface area contributed by atoms with Crippen LogP contribution >= 0.6 is 11.6 Å². The van der Waals surface area contributed by atoms with E-state index in [1.165, 1.54) is 5.69 Å². The number of rotatable bonds is 4. The maximum absolute atomic E-state index is 6.43. The van der Waals surface area contributed by atoms with Gasteiger partial charge < -0.3 is 19.5 Å². The van der Waals surface area contributed by atoms with Gasteiger partial charge in [-0.25, -0.2) is 9.97 Å². The Labute approximate surface area is 186 Å². The van der Waals surface area contributed by atoms with Crippen molar-refractivity contribution < 1.29 is 4.42 Å². The molecule has 2 aromatic carbocycles. The Hall–Kier alpha value is -3.09. The minimum absolute atomic E-state index is 0.457. The van der Waals surface area contributed by atoms with E-state index in [-0.39, 0.29) is 0 Å². The summed E-state index contributed by atoms with van der Waals surface area (Å²) < 4.78 is 6.05. The Morgan fingerprint density at radius 3 is 2.48 bits per heavy atom. The first-order valence-corrected chi connectivity index (χ1v) is 10.8. The molecule has 0 aliphatic carbocycles. The third-order valence-electron chi connectivity index (χ3n) is 5.79. The van der Waals surface area contributed by atoms with E-state index in [4.69, 9.17) is 16.0 Å². The average Bonchev–Trinajstić information content (AvgIpc) is 3.13. The number of para-hydroxylation sites is 1. The zero-order valence-corrected chi connectivity index (χ0v) is 18.4. The Kier molecular flexibility index (Phi) is 5.26. The van der Waals surface area contributed by atoms with Crippen LogP contribution in [-0.2, 0) is 0 Å². The van der Waals surface area contributed by atoms with Crippen molar-refractivity contribution in [3.05, 3.63) is 65.3 Å². The molecule has 6 nitrogen and oxygen atoms in total. The predicted octanol–water partition coefficient (Wildman–Crippen LogP) is 5.35. The Bertz CT molecular complexity index is 1210. The van der Waals surface area contributed by atoms with Gasteiger partial charge in [-0.1, -0.05) is 29.8 Å². The van der Waals surface area contributed by atoms with Crippen LogP contribution in [0.25, 0.3) is 22.4 Å². The summed E-state index contributed by atoms with van der Waals surface area (Å²) in [6, 6.07) is 16.3. The van der Waals surface area contributed by atoms with Crippen LogP contribution in [0.4, 0.5) is 17.3 Å². The number of nitrogens with zero attached hydrogens (tertiary/aromatic N) is 4. The summed E-state index contributed by atoms with van der Waals surface area (Å²) in [7, 11) is 2.16. The van der Waals surface area contributed by atoms with Crippen LogP contribution in [0, 0.1) is 6.92 Å². The number of hydrogen-bond acceptors (Lipinski definition) is 6. The Balaban J connectivity index is 1.38. The summed E-state index contributed by atoms with van der Waals surface area (Å²) in [5.74, 6) is 1.15. The predicted molar refractivity (Wildman–Crippen MR) is 126 cm³/mol. The highest BCUT2D eigenvalue weighted by molar-refractivity contribution is 6.32. The van der Waals surface area contributed by atoms with Gasteiger partial charge in [0.2, 0.25) is 5.95 Å². The molecule has 0 spiro atoms. The maximum atomic E-state index is 6.43. The number of aromatic nitrogens is 2. The van der Waals surface area contributed by atoms with Gasteiger partial charge in [0, 0.05) is 48.5 Å². The third-order valence-corrected chi connectivity index (χ3v) is 6.07. The van der Waals surface area contributed by atoms with Crippen molar-refractivity contribution in [3.63, 3.8) is 0 Å². The average molecular weight is 434 g/mol. The molecule has 7 heteroatoms. The topological polar surface area (TPSA) is 57.4 Å². The van der Waals surface area contributed by atoms with Crippen LogP contribution in [0.2, 0.25) is 5.02 Å². The minimum Gasteiger partial charge on any atom is -0.454 e. The third kappa shape index (κ3) is 3.96. The highest BCUT2D eigenvalue weighted by Gasteiger charge is 2.18. The van der Waals surface area contributed by atoms with Crippen molar-refractivity contribution in [1.29, 1.82) is 0 Å². The first-order chi connectivity index (χ1) is 15.1. The molecule has 1 aliphatic heterocycles. The largest absolute Gasteiger partial charge is 0.454 e. The van der Waals surface area contributed by atoms with E-state index in [1.54, 1.807) is 6.20 Å². The summed E-state index contributed by atoms with van der Waals surface area (Å²) in [6.07, 6.45) is 1.61. The number of benzene rings is 2. The number of halogens is 1. The number of hydrogen-bond donors (Lipinski definition) is 1. The van der Waals surface area contributed by atoms with Gasteiger partial charge in [0.15, 0.2) is 5.76 Å². The van der Waals surface area contributed by atoms with E-state index in [9.17, 15) is 0 Å². The molecule has 2 aromatic heterocycles. The number of fused-ring (bicyclic) bond motifs is 1. The molecule has 0 bridgehead atoms. The SMILES string of the molecule is Cc1c(-c2nc(Nc3ccc(N4CCN(C)CC4)cc3)ncc2Cl)oc2ccccc12. The fraction of sp³-hybridized carbons (Fsp3) is 0.250. The minimum atomic E-state index is 0.457. The number of nitrogens with one attached hydrogen (secondary N) is 1. The number of likely N-dealkylation sites (N-methyl/N-ethyl adjacent to an activating group) is 1. The molecule has 4 aromatic rings. The van der Waals surface area contributed by atoms with Crippen LogP contribution in [0.5, 0.6) is 0 Å². The fourth-order valence-electron chi connectivity index (χ4n) is 3.94. The maximum Gasteiger partial charge on any atom is 0.227 e. The van der Waals surface area contributed by atoms with Crippen molar-refractivity contribution in [2.75, 3.05) is 43.4 Å². The molecule has 5 rings (SSSR count). The van der Waals surface area contributed by atoms with Crippen LogP contribution in [-0.4, -0.2) is 48.1 Å². The van der Waals surface area contributed by atoms with Gasteiger partial charge in [-0.15, -0.1) is 0 Å². The summed E-state index contributed by atoms with van der Waals surface area (Å²) in [4.78, 5) is 13.8. The van der Waals surface area contributed by atoms with E-state index in [2.05, 4.69) is 56.4 Å². The lowest BCUT2D eigenvalue weighted by atomic mass is 10.1. The number of piperazine rings is 1. The van der Waals surface area contributed by atoms with E-state index in [1.807, 2.05) is 31.2 Å². The molecule has 0 saturated carbocycles. The molecular weight excluding hydrogens is 410 g/mol. The summed E-state index contributed by atoms with van der Waals surface area (Å²) in [5.41, 5.74) is 4.57. The van der Waals surface area contributed by atoms with Gasteiger partial charge in [0.05, 0.1) is 11.2 Å². The normalized spacial score (nSPS) is 14.9. The molecule has 0 atom stereocenters. The quantitative estimate of drug-likeness (QED) is 0.468. The standard InChI is InChI=1S/C24H24ClN5O/c1-16-19-5-3-4-6-21(19)31-23(16)22-20(25)15-26-24(28-22)27-17-7-9-18(10-8-17)30-13-11-29(2)12-14-30/h3-10,15H,11-14H2,1-2H3,(H,26,27,28). The second kappa shape index (κ2) is 8.21. The van der Waals surface area contributed by atoms with E-state index >= 15 is 0 Å². The van der Waals surface area contributed by atoms with Crippen LogP contribution < -0.4 is 10.2 Å². The van der Waals surface area contributed by atoms with Crippen LogP contribution in [0.15, 0.2) is 59.1 Å². The zero-order valence-electron chi connectivity index (χ0n) is 17.6. The first kappa shape index (κ1) is 19.8. The molecule has 1 aliphatic rings. The number of furan rings is 1. The Morgan fingerprint density at radius 1 is 1.00 bits per heavy atom. The smallest absolute Gasteiger partial charge is 0.227 e. The van der Waals surface area contributed by atoms with Crippen molar-refractivity contribution >= 4 is 39.9 Å². The summed E-state index contributed by atoms with van der Waals surface area (Å²) >= 11 is 6.43. The van der Waals surface area contributed by atoms with Crippen LogP contribution in [0.3, 0.4) is 0 Å². The molecule has 1 saturated heterocycles. The second-order valence-electron chi connectivity index (χ2n) is 7.90. The van der Waals surface area contributed by atoms with Gasteiger partial charge in [-0.3, -0.25) is 0 Å². The van der Waals surface area contributed by atoms with Gasteiger partial charge in [-0.2, -0.15) is 0 Å². The molecule has 1 fully saturated rings. The molecule has 0 radical (unpaired) electrons. The van der Waals surface area contributed by atoms with E-state index in [0.717, 1.165) is 48.4 Å². The first-order valence-electron chi connectivity index (χ1n) is 10.4. The van der Waals surface area contributed by atoms with E-state index in [0.29, 0.717) is 22.4 Å². The summed E-state index contributed by atoms with van der Waals surface area (Å²) in [5, 5.41) is 4.80.